The van der Waals surface area contributed by atoms with Gasteiger partial charge in [-0.05, 0) is 30.2 Å². The summed E-state index contributed by atoms with van der Waals surface area (Å²) in [4.78, 5) is 51.5. The molecule has 0 radical (unpaired) electrons. The maximum atomic E-state index is 13.9. The Kier molecular flexibility index (Phi) is 8.21. The minimum absolute atomic E-state index is 0.0700. The summed E-state index contributed by atoms with van der Waals surface area (Å²) < 4.78 is 29.6. The Bertz CT molecular complexity index is 1420. The Labute approximate surface area is 261 Å². The second-order valence-electron chi connectivity index (χ2n) is 13.6. The minimum Gasteiger partial charge on any atom is -0.458 e. The summed E-state index contributed by atoms with van der Waals surface area (Å²) in [6.07, 6.45) is -8.36. The molecule has 2 bridgehead atoms. The number of aliphatic hydroxyl groups excluding tert-OH is 2. The first kappa shape index (κ1) is 33.1. The monoisotopic (exact) mass is 630 g/mol. The van der Waals surface area contributed by atoms with E-state index in [-0.39, 0.29) is 30.6 Å². The van der Waals surface area contributed by atoms with Crippen molar-refractivity contribution in [3.05, 3.63) is 47.0 Å². The average Bonchev–Trinajstić information content (AvgIpc) is 2.94. The van der Waals surface area contributed by atoms with Crippen LogP contribution < -0.4 is 0 Å². The van der Waals surface area contributed by atoms with Crippen LogP contribution in [0.5, 0.6) is 0 Å². The van der Waals surface area contributed by atoms with E-state index in [2.05, 4.69) is 0 Å². The maximum absolute atomic E-state index is 13.9. The summed E-state index contributed by atoms with van der Waals surface area (Å²) in [7, 11) is 0. The molecule has 0 spiro atoms. The highest BCUT2D eigenvalue weighted by molar-refractivity contribution is 5.89. The zero-order chi connectivity index (χ0) is 33.3. The lowest BCUT2D eigenvalue weighted by molar-refractivity contribution is -0.365. The van der Waals surface area contributed by atoms with Crippen LogP contribution in [-0.4, -0.2) is 93.6 Å². The van der Waals surface area contributed by atoms with Gasteiger partial charge in [-0.15, -0.1) is 0 Å². The van der Waals surface area contributed by atoms with E-state index in [0.29, 0.717) is 5.57 Å². The van der Waals surface area contributed by atoms with E-state index in [1.165, 1.54) is 32.9 Å². The van der Waals surface area contributed by atoms with Gasteiger partial charge in [0.25, 0.3) is 0 Å². The normalized spacial score (nSPS) is 39.9. The van der Waals surface area contributed by atoms with Gasteiger partial charge in [-0.3, -0.25) is 14.4 Å². The quantitative estimate of drug-likeness (QED) is 0.246. The summed E-state index contributed by atoms with van der Waals surface area (Å²) >= 11 is 0. The minimum atomic E-state index is -2.11. The highest BCUT2D eigenvalue weighted by Crippen LogP contribution is 2.65. The van der Waals surface area contributed by atoms with Crippen LogP contribution in [0.25, 0.3) is 0 Å². The highest BCUT2D eigenvalue weighted by atomic mass is 16.6. The van der Waals surface area contributed by atoms with Crippen LogP contribution in [0.3, 0.4) is 0 Å². The lowest BCUT2D eigenvalue weighted by atomic mass is 9.44. The van der Waals surface area contributed by atoms with Crippen LogP contribution in [0.4, 0.5) is 0 Å². The Morgan fingerprint density at radius 1 is 0.911 bits per heavy atom. The number of carbonyl (C=O) groups is 4. The van der Waals surface area contributed by atoms with Crippen LogP contribution in [0.1, 0.15) is 71.7 Å². The number of ether oxygens (including phenoxy) is 5. The standard InChI is InChI=1S/C33H42O12/c1-16-21(42-17(2)34)14-33(40)28(44-29(39)20-11-9-8-10-12-20)26-31(7,22(37)13-23-32(26,15-41-23)45-19(4)36)27(38)25(43-18(3)35)24(16)30(33,5)6/h8-12,21-23,25-28,37-38,40H,13-15H2,1-7H3/t21-,22-,23+,25+,26-,27-,28-,31+,32-,33+/m0/s1. The predicted octanol–water partition coefficient (Wildman–Crippen LogP) is 2.02. The van der Waals surface area contributed by atoms with Crippen molar-refractivity contribution in [2.24, 2.45) is 16.7 Å². The molecule has 246 valence electrons. The van der Waals surface area contributed by atoms with Crippen molar-refractivity contribution in [2.75, 3.05) is 6.61 Å². The van der Waals surface area contributed by atoms with Crippen molar-refractivity contribution < 1.29 is 58.2 Å². The molecule has 1 saturated heterocycles. The Hall–Kier alpha value is -3.32. The molecular formula is C33H42O12. The lowest BCUT2D eigenvalue weighted by Gasteiger charge is -2.69. The molecule has 0 aromatic heterocycles. The molecule has 5 rings (SSSR count). The molecule has 3 aliphatic carbocycles. The van der Waals surface area contributed by atoms with Crippen LogP contribution >= 0.6 is 0 Å². The highest BCUT2D eigenvalue weighted by Gasteiger charge is 2.78. The van der Waals surface area contributed by atoms with Crippen molar-refractivity contribution in [3.63, 3.8) is 0 Å². The average molecular weight is 631 g/mol. The summed E-state index contributed by atoms with van der Waals surface area (Å²) in [5, 5.41) is 37.4. The smallest absolute Gasteiger partial charge is 0.338 e. The molecule has 1 aliphatic heterocycles. The van der Waals surface area contributed by atoms with Gasteiger partial charge in [0.05, 0.1) is 24.2 Å². The number of carbonyl (C=O) groups excluding carboxylic acids is 4. The molecule has 0 amide bonds. The first-order valence-corrected chi connectivity index (χ1v) is 15.1. The summed E-state index contributed by atoms with van der Waals surface area (Å²) in [6.45, 7) is 9.94. The molecular weight excluding hydrogens is 588 g/mol. The molecule has 0 unspecified atom stereocenters. The van der Waals surface area contributed by atoms with Gasteiger partial charge in [0.2, 0.25) is 0 Å². The zero-order valence-corrected chi connectivity index (χ0v) is 26.6. The number of rotatable bonds is 5. The van der Waals surface area contributed by atoms with Gasteiger partial charge < -0.3 is 39.0 Å². The van der Waals surface area contributed by atoms with E-state index < -0.39 is 88.5 Å². The molecule has 1 aromatic rings. The lowest BCUT2D eigenvalue weighted by Crippen LogP contribution is -2.82. The van der Waals surface area contributed by atoms with Gasteiger partial charge in [-0.1, -0.05) is 39.0 Å². The van der Waals surface area contributed by atoms with E-state index >= 15 is 0 Å². The molecule has 10 atom stereocenters. The largest absolute Gasteiger partial charge is 0.458 e. The van der Waals surface area contributed by atoms with E-state index in [4.69, 9.17) is 23.7 Å². The molecule has 12 nitrogen and oxygen atoms in total. The van der Waals surface area contributed by atoms with Crippen molar-refractivity contribution in [1.82, 2.24) is 0 Å². The van der Waals surface area contributed by atoms with E-state index in [1.54, 1.807) is 45.9 Å². The van der Waals surface area contributed by atoms with Crippen LogP contribution in [0.15, 0.2) is 41.5 Å². The van der Waals surface area contributed by atoms with Gasteiger partial charge in [-0.25, -0.2) is 4.79 Å². The molecule has 1 aromatic carbocycles. The number of aliphatic hydroxyl groups is 3. The number of hydrogen-bond donors (Lipinski definition) is 3. The summed E-state index contributed by atoms with van der Waals surface area (Å²) in [6, 6.07) is 8.09. The second-order valence-corrected chi connectivity index (χ2v) is 13.6. The number of benzene rings is 1. The Morgan fingerprint density at radius 3 is 2.07 bits per heavy atom. The van der Waals surface area contributed by atoms with Gasteiger partial charge >= 0.3 is 23.9 Å². The van der Waals surface area contributed by atoms with Gasteiger partial charge in [0, 0.05) is 44.4 Å². The molecule has 4 aliphatic rings. The molecule has 12 heteroatoms. The van der Waals surface area contributed by atoms with E-state index in [0.717, 1.165) is 0 Å². The molecule has 45 heavy (non-hydrogen) atoms. The fourth-order valence-electron chi connectivity index (χ4n) is 8.46. The third-order valence-corrected chi connectivity index (χ3v) is 10.7. The summed E-state index contributed by atoms with van der Waals surface area (Å²) in [5.41, 5.74) is -5.96. The molecule has 3 fully saturated rings. The fraction of sp³-hybridized carbons (Fsp3) is 0.636. The zero-order valence-electron chi connectivity index (χ0n) is 26.6. The molecule has 3 N–H and O–H groups in total. The Morgan fingerprint density at radius 2 is 1.53 bits per heavy atom. The van der Waals surface area contributed by atoms with Crippen LogP contribution in [-0.2, 0) is 38.1 Å². The predicted molar refractivity (Wildman–Crippen MR) is 155 cm³/mol. The third-order valence-electron chi connectivity index (χ3n) is 10.7. The topological polar surface area (TPSA) is 175 Å². The Balaban J connectivity index is 1.86. The van der Waals surface area contributed by atoms with Crippen molar-refractivity contribution in [2.45, 2.75) is 109 Å². The number of hydrogen-bond acceptors (Lipinski definition) is 12. The van der Waals surface area contributed by atoms with Crippen molar-refractivity contribution >= 4 is 23.9 Å². The van der Waals surface area contributed by atoms with Crippen LogP contribution in [0.2, 0.25) is 0 Å². The number of fused-ring (bicyclic) bond motifs is 5. The van der Waals surface area contributed by atoms with E-state index in [1.807, 2.05) is 0 Å². The second kappa shape index (κ2) is 11.2. The SMILES string of the molecule is CC(=O)O[C@H]1C[C@@]2(O)[C@@H](OC(=O)c3ccccc3)[C@@H]3[C@]4(OC(C)=O)CO[C@@H]4C[C@H](O)[C@@]3(C)[C@@H](O)[C@H](OC(C)=O)C(=C1C)C2(C)C. The van der Waals surface area contributed by atoms with Crippen molar-refractivity contribution in [1.29, 1.82) is 0 Å². The van der Waals surface area contributed by atoms with E-state index in [9.17, 15) is 34.5 Å². The maximum Gasteiger partial charge on any atom is 0.338 e. The number of esters is 4. The first-order chi connectivity index (χ1) is 20.9. The van der Waals surface area contributed by atoms with Crippen LogP contribution in [0, 0.1) is 16.7 Å². The van der Waals surface area contributed by atoms with Gasteiger partial charge in [0.15, 0.2) is 11.7 Å². The van der Waals surface area contributed by atoms with Gasteiger partial charge in [0.1, 0.15) is 30.0 Å². The van der Waals surface area contributed by atoms with Gasteiger partial charge in [-0.2, -0.15) is 0 Å². The van der Waals surface area contributed by atoms with Crippen molar-refractivity contribution in [3.8, 4) is 0 Å². The summed E-state index contributed by atoms with van der Waals surface area (Å²) in [5.74, 6) is -4.20. The molecule has 2 saturated carbocycles. The first-order valence-electron chi connectivity index (χ1n) is 15.1. The third kappa shape index (κ3) is 4.88. The molecule has 1 heterocycles. The fourth-order valence-corrected chi connectivity index (χ4v) is 8.46.